The van der Waals surface area contributed by atoms with Crippen LogP contribution in [0.4, 0.5) is 21.5 Å². The zero-order valence-electron chi connectivity index (χ0n) is 21.2. The van der Waals surface area contributed by atoms with Gasteiger partial charge in [0.05, 0.1) is 22.5 Å². The molecule has 0 fully saturated rings. The Morgan fingerprint density at radius 3 is 2.42 bits per heavy atom. The number of hydrogen-bond acceptors (Lipinski definition) is 6. The van der Waals surface area contributed by atoms with Crippen molar-refractivity contribution in [3.05, 3.63) is 66.5 Å². The topological polar surface area (TPSA) is 50.1 Å². The molecular formula is C29H33FN4OS. The molecule has 0 N–H and O–H groups in total. The molecule has 188 valence electrons. The molecule has 0 aliphatic heterocycles. The van der Waals surface area contributed by atoms with E-state index in [1.807, 2.05) is 67.5 Å². The van der Waals surface area contributed by atoms with Gasteiger partial charge in [0, 0.05) is 25.3 Å². The Morgan fingerprint density at radius 2 is 1.67 bits per heavy atom. The summed E-state index contributed by atoms with van der Waals surface area (Å²) in [5, 5.41) is 9.04. The number of anilines is 1. The van der Waals surface area contributed by atoms with E-state index in [2.05, 4.69) is 22.1 Å². The molecule has 36 heavy (non-hydrogen) atoms. The van der Waals surface area contributed by atoms with E-state index in [1.54, 1.807) is 6.07 Å². The van der Waals surface area contributed by atoms with Gasteiger partial charge >= 0.3 is 0 Å². The molecule has 0 aliphatic carbocycles. The van der Waals surface area contributed by atoms with Crippen LogP contribution >= 0.6 is 11.3 Å². The Balaban J connectivity index is 1.39. The molecule has 0 saturated heterocycles. The largest absolute Gasteiger partial charge is 0.494 e. The van der Waals surface area contributed by atoms with Crippen molar-refractivity contribution in [3.8, 4) is 16.3 Å². The van der Waals surface area contributed by atoms with Crippen LogP contribution in [0.1, 0.15) is 45.4 Å². The first-order valence-electron chi connectivity index (χ1n) is 12.6. The van der Waals surface area contributed by atoms with E-state index in [-0.39, 0.29) is 5.69 Å². The fourth-order valence-corrected chi connectivity index (χ4v) is 4.83. The van der Waals surface area contributed by atoms with Crippen LogP contribution in [0.5, 0.6) is 5.75 Å². The Bertz CT molecular complexity index is 1300. The molecule has 7 heteroatoms. The average Bonchev–Trinajstić information content (AvgIpc) is 3.31. The number of aromatic nitrogens is 1. The van der Waals surface area contributed by atoms with Gasteiger partial charge in [-0.05, 0) is 67.1 Å². The number of fused-ring (bicyclic) bond motifs is 1. The Kier molecular flexibility index (Phi) is 9.01. The predicted molar refractivity (Wildman–Crippen MR) is 149 cm³/mol. The number of unbranched alkanes of at least 4 members (excludes halogenated alkanes) is 5. The molecule has 0 bridgehead atoms. The van der Waals surface area contributed by atoms with Crippen molar-refractivity contribution in [1.82, 2.24) is 4.98 Å². The van der Waals surface area contributed by atoms with Gasteiger partial charge in [0.1, 0.15) is 16.4 Å². The van der Waals surface area contributed by atoms with Crippen LogP contribution in [0.15, 0.2) is 70.9 Å². The highest BCUT2D eigenvalue weighted by molar-refractivity contribution is 7.21. The van der Waals surface area contributed by atoms with E-state index in [9.17, 15) is 4.39 Å². The first kappa shape index (κ1) is 25.8. The number of nitrogens with zero attached hydrogens (tertiary/aromatic N) is 4. The van der Waals surface area contributed by atoms with Gasteiger partial charge in [-0.1, -0.05) is 39.0 Å². The zero-order valence-corrected chi connectivity index (χ0v) is 22.0. The summed E-state index contributed by atoms with van der Waals surface area (Å²) in [5.41, 5.74) is 3.54. The van der Waals surface area contributed by atoms with Gasteiger partial charge < -0.3 is 9.64 Å². The Hall–Kier alpha value is -3.32. The van der Waals surface area contributed by atoms with Crippen molar-refractivity contribution in [1.29, 1.82) is 0 Å². The minimum Gasteiger partial charge on any atom is -0.494 e. The third-order valence-electron chi connectivity index (χ3n) is 5.96. The second-order valence-corrected chi connectivity index (χ2v) is 10.1. The lowest BCUT2D eigenvalue weighted by Crippen LogP contribution is -2.07. The number of halogens is 1. The van der Waals surface area contributed by atoms with E-state index in [0.29, 0.717) is 5.69 Å². The highest BCUT2D eigenvalue weighted by Gasteiger charge is 2.11. The van der Waals surface area contributed by atoms with Gasteiger partial charge in [-0.15, -0.1) is 16.5 Å². The zero-order chi connectivity index (χ0) is 25.3. The second kappa shape index (κ2) is 12.6. The lowest BCUT2D eigenvalue weighted by atomic mass is 10.1. The number of thiazole rings is 1. The van der Waals surface area contributed by atoms with Gasteiger partial charge in [0.2, 0.25) is 0 Å². The third kappa shape index (κ3) is 6.88. The molecule has 0 amide bonds. The van der Waals surface area contributed by atoms with E-state index in [1.165, 1.54) is 49.5 Å². The maximum Gasteiger partial charge on any atom is 0.151 e. The molecule has 0 atom stereocenters. The number of ether oxygens (including phenoxy) is 1. The van der Waals surface area contributed by atoms with E-state index in [0.717, 1.165) is 45.3 Å². The number of rotatable bonds is 12. The van der Waals surface area contributed by atoms with Crippen molar-refractivity contribution in [2.45, 2.75) is 45.4 Å². The minimum absolute atomic E-state index is 0.196. The van der Waals surface area contributed by atoms with Crippen LogP contribution in [0.25, 0.3) is 20.8 Å². The maximum absolute atomic E-state index is 14.8. The highest BCUT2D eigenvalue weighted by atomic mass is 32.1. The Morgan fingerprint density at radius 1 is 0.889 bits per heavy atom. The lowest BCUT2D eigenvalue weighted by Gasteiger charge is -2.11. The molecule has 1 aromatic heterocycles. The van der Waals surface area contributed by atoms with Crippen molar-refractivity contribution in [2.75, 3.05) is 25.6 Å². The molecule has 0 spiro atoms. The summed E-state index contributed by atoms with van der Waals surface area (Å²) in [6.45, 7) is 2.96. The van der Waals surface area contributed by atoms with Crippen LogP contribution < -0.4 is 9.64 Å². The van der Waals surface area contributed by atoms with Crippen molar-refractivity contribution in [2.24, 2.45) is 10.2 Å². The van der Waals surface area contributed by atoms with Crippen molar-refractivity contribution < 1.29 is 9.13 Å². The Labute approximate surface area is 216 Å². The fraction of sp³-hybridized carbons (Fsp3) is 0.345. The third-order valence-corrected chi connectivity index (χ3v) is 7.03. The van der Waals surface area contributed by atoms with Gasteiger partial charge in [-0.2, -0.15) is 5.11 Å². The number of hydrogen-bond donors (Lipinski definition) is 0. The SMILES string of the molecule is CCCCCCCCOc1ccc2nc(-c3ccc(N=Nc4ccc(N(C)C)cc4)c(F)c3)sc2c1. The first-order valence-corrected chi connectivity index (χ1v) is 13.4. The van der Waals surface area contributed by atoms with E-state index in [4.69, 9.17) is 4.74 Å². The normalized spacial score (nSPS) is 11.4. The number of benzene rings is 3. The molecule has 0 unspecified atom stereocenters. The average molecular weight is 505 g/mol. The van der Waals surface area contributed by atoms with Crippen molar-refractivity contribution >= 4 is 38.6 Å². The molecule has 0 aliphatic rings. The monoisotopic (exact) mass is 504 g/mol. The highest BCUT2D eigenvalue weighted by Crippen LogP contribution is 2.34. The van der Waals surface area contributed by atoms with Gasteiger partial charge in [0.25, 0.3) is 0 Å². The fourth-order valence-electron chi connectivity index (χ4n) is 3.84. The van der Waals surface area contributed by atoms with Crippen LogP contribution in [0.3, 0.4) is 0 Å². The molecule has 3 aromatic carbocycles. The summed E-state index contributed by atoms with van der Waals surface area (Å²) in [4.78, 5) is 6.69. The summed E-state index contributed by atoms with van der Waals surface area (Å²) in [6.07, 6.45) is 7.43. The summed E-state index contributed by atoms with van der Waals surface area (Å²) >= 11 is 1.53. The van der Waals surface area contributed by atoms with Crippen LogP contribution in [-0.4, -0.2) is 25.7 Å². The van der Waals surface area contributed by atoms with Gasteiger partial charge in [-0.25, -0.2) is 9.37 Å². The van der Waals surface area contributed by atoms with Crippen molar-refractivity contribution in [3.63, 3.8) is 0 Å². The molecular weight excluding hydrogens is 471 g/mol. The van der Waals surface area contributed by atoms with E-state index < -0.39 is 5.82 Å². The minimum atomic E-state index is -0.427. The van der Waals surface area contributed by atoms with Crippen LogP contribution in [0, 0.1) is 5.82 Å². The van der Waals surface area contributed by atoms with Gasteiger partial charge in [-0.3, -0.25) is 0 Å². The standard InChI is InChI=1S/C29H33FN4OS/c1-4-5-6-7-8-9-18-35-24-15-17-27-28(20-24)36-29(31-27)21-10-16-26(25(30)19-21)33-32-22-11-13-23(14-12-22)34(2)3/h10-17,19-20H,4-9,18H2,1-3H3. The molecule has 4 aromatic rings. The summed E-state index contributed by atoms with van der Waals surface area (Å²) in [6, 6.07) is 18.5. The van der Waals surface area contributed by atoms with Crippen LogP contribution in [-0.2, 0) is 0 Å². The van der Waals surface area contributed by atoms with Crippen LogP contribution in [0.2, 0.25) is 0 Å². The lowest BCUT2D eigenvalue weighted by molar-refractivity contribution is 0.305. The first-order chi connectivity index (χ1) is 17.5. The predicted octanol–water partition coefficient (Wildman–Crippen LogP) is 9.32. The van der Waals surface area contributed by atoms with E-state index >= 15 is 0 Å². The summed E-state index contributed by atoms with van der Waals surface area (Å²) < 4.78 is 21.8. The van der Waals surface area contributed by atoms with Gasteiger partial charge in [0.15, 0.2) is 5.82 Å². The maximum atomic E-state index is 14.8. The molecule has 0 radical (unpaired) electrons. The quantitative estimate of drug-likeness (QED) is 0.143. The second-order valence-electron chi connectivity index (χ2n) is 9.04. The summed E-state index contributed by atoms with van der Waals surface area (Å²) in [5.74, 6) is 0.426. The smallest absolute Gasteiger partial charge is 0.151 e. The molecule has 4 rings (SSSR count). The molecule has 5 nitrogen and oxygen atoms in total. The summed E-state index contributed by atoms with van der Waals surface area (Å²) in [7, 11) is 3.95. The molecule has 1 heterocycles. The number of azo groups is 1. The molecule has 0 saturated carbocycles.